The number of carbonyl (C=O) groups excluding carboxylic acids is 1. The minimum Gasteiger partial charge on any atom is -0.481 e. The van der Waals surface area contributed by atoms with Crippen molar-refractivity contribution in [3.8, 4) is 0 Å². The molecule has 0 radical (unpaired) electrons. The smallest absolute Gasteiger partial charge is 0.311 e. The third-order valence-electron chi connectivity index (χ3n) is 3.26. The van der Waals surface area contributed by atoms with E-state index >= 15 is 0 Å². The van der Waals surface area contributed by atoms with Crippen LogP contribution in [0.25, 0.3) is 0 Å². The Bertz CT molecular complexity index is 514. The zero-order valence-corrected chi connectivity index (χ0v) is 10.8. The van der Waals surface area contributed by atoms with Gasteiger partial charge in [-0.1, -0.05) is 32.9 Å². The highest BCUT2D eigenvalue weighted by Crippen LogP contribution is 2.35. The van der Waals surface area contributed by atoms with Crippen LogP contribution in [0.5, 0.6) is 0 Å². The van der Waals surface area contributed by atoms with Crippen LogP contribution in [-0.2, 0) is 15.0 Å². The lowest BCUT2D eigenvalue weighted by molar-refractivity contribution is -0.140. The lowest BCUT2D eigenvalue weighted by Crippen LogP contribution is -2.27. The number of nitrogens with one attached hydrogen (secondary N) is 1. The first-order chi connectivity index (χ1) is 8.29. The molecule has 0 saturated carbocycles. The van der Waals surface area contributed by atoms with Crippen LogP contribution in [0, 0.1) is 0 Å². The lowest BCUT2D eigenvalue weighted by Gasteiger charge is -2.26. The molecule has 0 saturated heterocycles. The van der Waals surface area contributed by atoms with Gasteiger partial charge in [0.15, 0.2) is 0 Å². The monoisotopic (exact) mass is 247 g/mol. The van der Waals surface area contributed by atoms with Gasteiger partial charge in [-0.05, 0) is 22.6 Å². The molecule has 1 aliphatic heterocycles. The van der Waals surface area contributed by atoms with Crippen molar-refractivity contribution in [3.05, 3.63) is 29.3 Å². The summed E-state index contributed by atoms with van der Waals surface area (Å²) in [6, 6.07) is 5.63. The molecular formula is C14H17NO3. The molecule has 2 rings (SSSR count). The van der Waals surface area contributed by atoms with E-state index in [0.717, 1.165) is 5.56 Å². The van der Waals surface area contributed by atoms with Crippen LogP contribution < -0.4 is 5.32 Å². The second kappa shape index (κ2) is 4.12. The van der Waals surface area contributed by atoms with Crippen molar-refractivity contribution in [2.45, 2.75) is 38.5 Å². The molecule has 1 aliphatic rings. The van der Waals surface area contributed by atoms with Gasteiger partial charge in [0.2, 0.25) is 5.91 Å². The van der Waals surface area contributed by atoms with Crippen molar-refractivity contribution >= 4 is 17.6 Å². The van der Waals surface area contributed by atoms with Gasteiger partial charge in [0.1, 0.15) is 0 Å². The minimum absolute atomic E-state index is 0.0111. The van der Waals surface area contributed by atoms with Crippen molar-refractivity contribution in [2.75, 3.05) is 5.32 Å². The van der Waals surface area contributed by atoms with Crippen LogP contribution in [0.2, 0.25) is 0 Å². The van der Waals surface area contributed by atoms with Crippen LogP contribution >= 0.6 is 0 Å². The zero-order chi connectivity index (χ0) is 13.5. The maximum Gasteiger partial charge on any atom is 0.311 e. The Morgan fingerprint density at radius 1 is 1.39 bits per heavy atom. The fraction of sp³-hybridized carbons (Fsp3) is 0.429. The molecule has 1 aromatic carbocycles. The van der Waals surface area contributed by atoms with Crippen LogP contribution in [0.15, 0.2) is 18.2 Å². The second-order valence-corrected chi connectivity index (χ2v) is 5.70. The molecular weight excluding hydrogens is 230 g/mol. The highest BCUT2D eigenvalue weighted by Gasteiger charge is 2.31. The van der Waals surface area contributed by atoms with E-state index in [1.807, 2.05) is 18.2 Å². The van der Waals surface area contributed by atoms with Crippen LogP contribution in [0.3, 0.4) is 0 Å². The maximum atomic E-state index is 11.5. The van der Waals surface area contributed by atoms with Gasteiger partial charge < -0.3 is 10.4 Å². The number of carbonyl (C=O) groups is 2. The molecule has 0 bridgehead atoms. The summed E-state index contributed by atoms with van der Waals surface area (Å²) in [5.41, 5.74) is 2.37. The number of fused-ring (bicyclic) bond motifs is 1. The van der Waals surface area contributed by atoms with Gasteiger partial charge in [-0.2, -0.15) is 0 Å². The van der Waals surface area contributed by atoms with Crippen molar-refractivity contribution in [3.63, 3.8) is 0 Å². The average molecular weight is 247 g/mol. The number of rotatable bonds is 1. The Hall–Kier alpha value is -1.84. The van der Waals surface area contributed by atoms with Gasteiger partial charge in [0, 0.05) is 12.1 Å². The van der Waals surface area contributed by atoms with E-state index in [4.69, 9.17) is 5.11 Å². The number of aliphatic carboxylic acids is 1. The Morgan fingerprint density at radius 2 is 2.06 bits per heavy atom. The molecule has 4 nitrogen and oxygen atoms in total. The van der Waals surface area contributed by atoms with Crippen molar-refractivity contribution < 1.29 is 14.7 Å². The Labute approximate surface area is 106 Å². The molecule has 4 heteroatoms. The summed E-state index contributed by atoms with van der Waals surface area (Å²) in [7, 11) is 0. The summed E-state index contributed by atoms with van der Waals surface area (Å²) in [5.74, 6) is -1.92. The first-order valence-electron chi connectivity index (χ1n) is 5.96. The Kier molecular flexibility index (Phi) is 2.89. The summed E-state index contributed by atoms with van der Waals surface area (Å²) >= 11 is 0. The molecule has 1 unspecified atom stereocenters. The number of carboxylic acids is 1. The first-order valence-corrected chi connectivity index (χ1v) is 5.96. The largest absolute Gasteiger partial charge is 0.481 e. The van der Waals surface area contributed by atoms with E-state index in [1.165, 1.54) is 0 Å². The van der Waals surface area contributed by atoms with Gasteiger partial charge >= 0.3 is 5.97 Å². The number of amides is 1. The lowest BCUT2D eigenvalue weighted by atomic mass is 9.83. The van der Waals surface area contributed by atoms with E-state index in [1.54, 1.807) is 0 Å². The topological polar surface area (TPSA) is 66.4 Å². The molecule has 96 valence electrons. The number of hydrogen-bond acceptors (Lipinski definition) is 2. The summed E-state index contributed by atoms with van der Waals surface area (Å²) < 4.78 is 0. The quantitative estimate of drug-likeness (QED) is 0.801. The summed E-state index contributed by atoms with van der Waals surface area (Å²) in [4.78, 5) is 22.7. The standard InChI is InChI=1S/C14H17NO3/c1-14(2,3)8-4-5-9-10(13(17)18)7-12(16)15-11(9)6-8/h4-6,10H,7H2,1-3H3,(H,15,16)(H,17,18). The fourth-order valence-electron chi connectivity index (χ4n) is 2.15. The molecule has 1 amide bonds. The van der Waals surface area contributed by atoms with Gasteiger partial charge in [-0.25, -0.2) is 0 Å². The van der Waals surface area contributed by atoms with Crippen molar-refractivity contribution in [2.24, 2.45) is 0 Å². The summed E-state index contributed by atoms with van der Waals surface area (Å²) in [5, 5.41) is 11.9. The molecule has 0 fully saturated rings. The maximum absolute atomic E-state index is 11.5. The van der Waals surface area contributed by atoms with Crippen LogP contribution in [-0.4, -0.2) is 17.0 Å². The van der Waals surface area contributed by atoms with E-state index in [2.05, 4.69) is 26.1 Å². The molecule has 1 aromatic rings. The molecule has 1 atom stereocenters. The van der Waals surface area contributed by atoms with Gasteiger partial charge in [0.25, 0.3) is 0 Å². The van der Waals surface area contributed by atoms with Crippen molar-refractivity contribution in [1.29, 1.82) is 0 Å². The molecule has 0 aromatic heterocycles. The molecule has 2 N–H and O–H groups in total. The summed E-state index contributed by atoms with van der Waals surface area (Å²) in [6.07, 6.45) is 0.0111. The third-order valence-corrected chi connectivity index (χ3v) is 3.26. The molecule has 0 aliphatic carbocycles. The van der Waals surface area contributed by atoms with E-state index in [-0.39, 0.29) is 17.7 Å². The highest BCUT2D eigenvalue weighted by atomic mass is 16.4. The average Bonchev–Trinajstić information content (AvgIpc) is 2.25. The number of carboxylic acid groups (broad SMARTS) is 1. The number of benzene rings is 1. The normalized spacial score (nSPS) is 19.1. The number of hydrogen-bond donors (Lipinski definition) is 2. The molecule has 18 heavy (non-hydrogen) atoms. The van der Waals surface area contributed by atoms with E-state index in [0.29, 0.717) is 11.3 Å². The van der Waals surface area contributed by atoms with Crippen molar-refractivity contribution in [1.82, 2.24) is 0 Å². The predicted octanol–water partition coefficient (Wildman–Crippen LogP) is 2.49. The van der Waals surface area contributed by atoms with E-state index < -0.39 is 11.9 Å². The predicted molar refractivity (Wildman–Crippen MR) is 68.8 cm³/mol. The van der Waals surface area contributed by atoms with Gasteiger partial charge in [-0.3, -0.25) is 9.59 Å². The molecule has 1 heterocycles. The van der Waals surface area contributed by atoms with Gasteiger partial charge in [-0.15, -0.1) is 0 Å². The Morgan fingerprint density at radius 3 is 2.61 bits per heavy atom. The first kappa shape index (κ1) is 12.6. The molecule has 0 spiro atoms. The second-order valence-electron chi connectivity index (χ2n) is 5.70. The highest BCUT2D eigenvalue weighted by molar-refractivity contribution is 5.99. The fourth-order valence-corrected chi connectivity index (χ4v) is 2.15. The van der Waals surface area contributed by atoms with Crippen LogP contribution in [0.4, 0.5) is 5.69 Å². The van der Waals surface area contributed by atoms with E-state index in [9.17, 15) is 9.59 Å². The van der Waals surface area contributed by atoms with Crippen LogP contribution in [0.1, 0.15) is 44.2 Å². The Balaban J connectivity index is 2.50. The third kappa shape index (κ3) is 2.23. The number of anilines is 1. The SMILES string of the molecule is CC(C)(C)c1ccc2c(c1)NC(=O)CC2C(=O)O. The summed E-state index contributed by atoms with van der Waals surface area (Å²) in [6.45, 7) is 6.23. The minimum atomic E-state index is -0.949. The van der Waals surface area contributed by atoms with Gasteiger partial charge in [0.05, 0.1) is 5.92 Å². The zero-order valence-electron chi connectivity index (χ0n) is 10.8.